The minimum atomic E-state index is -3.67. The summed E-state index contributed by atoms with van der Waals surface area (Å²) in [5.41, 5.74) is 11.9. The summed E-state index contributed by atoms with van der Waals surface area (Å²) in [7, 11) is -10.1. The second-order valence-electron chi connectivity index (χ2n) is 10.8. The fraction of sp³-hybridized carbons (Fsp3) is 0.516. The topological polar surface area (TPSA) is 201 Å². The molecule has 4 N–H and O–H groups in total. The predicted octanol–water partition coefficient (Wildman–Crippen LogP) is 4.69. The van der Waals surface area contributed by atoms with Crippen molar-refractivity contribution in [1.82, 2.24) is 0 Å². The van der Waals surface area contributed by atoms with E-state index in [0.717, 1.165) is 51.0 Å². The van der Waals surface area contributed by atoms with Gasteiger partial charge in [0.1, 0.15) is 0 Å². The van der Waals surface area contributed by atoms with E-state index in [2.05, 4.69) is 4.99 Å². The first kappa shape index (κ1) is 42.6. The maximum absolute atomic E-state index is 12.6. The lowest BCUT2D eigenvalue weighted by molar-refractivity contribution is 0.100. The summed E-state index contributed by atoms with van der Waals surface area (Å²) < 4.78 is 73.3. The molecule has 0 aliphatic heterocycles. The van der Waals surface area contributed by atoms with Crippen molar-refractivity contribution in [2.75, 3.05) is 24.0 Å². The van der Waals surface area contributed by atoms with Crippen LogP contribution in [-0.4, -0.2) is 66.4 Å². The Hall–Kier alpha value is -2.46. The largest absolute Gasteiger partial charge is 0.370 e. The molecular weight excluding hydrogens is 706 g/mol. The number of aliphatic imine (C=N–C) groups is 1. The van der Waals surface area contributed by atoms with Gasteiger partial charge in [0, 0.05) is 35.1 Å². The Kier molecular flexibility index (Phi) is 17.7. The van der Waals surface area contributed by atoms with Gasteiger partial charge in [0.15, 0.2) is 25.6 Å². The normalized spacial score (nSPS) is 12.8. The van der Waals surface area contributed by atoms with Crippen LogP contribution in [0.1, 0.15) is 98.1 Å². The van der Waals surface area contributed by atoms with Gasteiger partial charge in [-0.1, -0.05) is 53.4 Å². The summed E-state index contributed by atoms with van der Waals surface area (Å²) in [6, 6.07) is 5.56. The molecule has 2 unspecified atom stereocenters. The second-order valence-corrected chi connectivity index (χ2v) is 18.2. The second kappa shape index (κ2) is 19.5. The summed E-state index contributed by atoms with van der Waals surface area (Å²) >= 11 is 5.53. The van der Waals surface area contributed by atoms with E-state index in [1.807, 2.05) is 27.7 Å². The van der Waals surface area contributed by atoms with Crippen molar-refractivity contribution in [1.29, 1.82) is 0 Å². The summed E-state index contributed by atoms with van der Waals surface area (Å²) in [5.74, 6) is -0.334. The Bertz CT molecular complexity index is 1740. The third-order valence-corrected chi connectivity index (χ3v) is 12.6. The Morgan fingerprint density at radius 3 is 1.40 bits per heavy atom. The van der Waals surface area contributed by atoms with Crippen LogP contribution in [0.25, 0.3) is 0 Å². The molecule has 47 heavy (non-hydrogen) atoms. The highest BCUT2D eigenvalue weighted by Gasteiger charge is 2.24. The van der Waals surface area contributed by atoms with Gasteiger partial charge < -0.3 is 11.5 Å². The van der Waals surface area contributed by atoms with Crippen molar-refractivity contribution in [2.24, 2.45) is 16.5 Å². The zero-order valence-electron chi connectivity index (χ0n) is 27.8. The van der Waals surface area contributed by atoms with Gasteiger partial charge in [0.2, 0.25) is 0 Å². The van der Waals surface area contributed by atoms with E-state index in [9.17, 15) is 34.8 Å². The Morgan fingerprint density at radius 1 is 0.702 bits per heavy atom. The molecule has 0 aliphatic carbocycles. The fourth-order valence-corrected chi connectivity index (χ4v) is 10.1. The van der Waals surface area contributed by atoms with Crippen LogP contribution < -0.4 is 11.5 Å². The maximum atomic E-state index is 12.6. The molecular formula is C31H46ClN3O8S4. The fourth-order valence-electron chi connectivity index (χ4n) is 4.47. The van der Waals surface area contributed by atoms with Gasteiger partial charge in [-0.2, -0.15) is 4.99 Å². The minimum Gasteiger partial charge on any atom is -0.370 e. The quantitative estimate of drug-likeness (QED) is 0.105. The molecule has 16 heteroatoms. The number of rotatable bonds is 16. The van der Waals surface area contributed by atoms with Crippen LogP contribution in [0.5, 0.6) is 0 Å². The first-order valence-electron chi connectivity index (χ1n) is 15.2. The number of nitrogens with two attached hydrogens (primary N) is 2. The van der Waals surface area contributed by atoms with Gasteiger partial charge in [-0.15, -0.1) is 0 Å². The van der Waals surface area contributed by atoms with Gasteiger partial charge >= 0.3 is 0 Å². The highest BCUT2D eigenvalue weighted by molar-refractivity contribution is 7.92. The number of benzene rings is 2. The molecule has 0 saturated carbocycles. The molecule has 2 rings (SSSR count). The van der Waals surface area contributed by atoms with Crippen LogP contribution in [0.2, 0.25) is 0 Å². The molecule has 0 fully saturated rings. The Labute approximate surface area is 289 Å². The highest BCUT2D eigenvalue weighted by Crippen LogP contribution is 2.28. The highest BCUT2D eigenvalue weighted by atomic mass is 35.5. The summed E-state index contributed by atoms with van der Waals surface area (Å²) in [6.07, 6.45) is 8.37. The van der Waals surface area contributed by atoms with E-state index in [1.54, 1.807) is 6.07 Å². The zero-order valence-corrected chi connectivity index (χ0v) is 31.8. The molecule has 0 saturated heterocycles. The molecule has 2 aromatic rings. The molecule has 0 spiro atoms. The van der Waals surface area contributed by atoms with Crippen molar-refractivity contribution >= 4 is 70.0 Å². The summed E-state index contributed by atoms with van der Waals surface area (Å²) in [4.78, 5) is 27.5. The van der Waals surface area contributed by atoms with Crippen molar-refractivity contribution in [2.45, 2.75) is 98.6 Å². The number of hydrogen-bond acceptors (Lipinski definition) is 8. The van der Waals surface area contributed by atoms with Crippen molar-refractivity contribution < 1.29 is 34.8 Å². The molecule has 0 heterocycles. The lowest BCUT2D eigenvalue weighted by Crippen LogP contribution is -2.24. The van der Waals surface area contributed by atoms with E-state index in [0.29, 0.717) is 35.5 Å². The van der Waals surface area contributed by atoms with Gasteiger partial charge in [-0.3, -0.25) is 18.0 Å². The molecule has 0 bridgehead atoms. The van der Waals surface area contributed by atoms with Crippen molar-refractivity contribution in [3.05, 3.63) is 46.5 Å². The monoisotopic (exact) mass is 751 g/mol. The molecule has 2 aromatic carbocycles. The average molecular weight is 752 g/mol. The number of unbranched alkanes of at least 4 members (excludes halogenated alkanes) is 4. The van der Waals surface area contributed by atoms with E-state index in [1.165, 1.54) is 18.2 Å². The van der Waals surface area contributed by atoms with Crippen LogP contribution in [0.15, 0.2) is 48.8 Å². The predicted molar refractivity (Wildman–Crippen MR) is 190 cm³/mol. The minimum absolute atomic E-state index is 0.0662. The van der Waals surface area contributed by atoms with Crippen LogP contribution in [0, 0.1) is 0 Å². The molecule has 2 atom stereocenters. The molecule has 11 nitrogen and oxygen atoms in total. The number of carbonyl (C=O) groups excluding carboxylic acids is 2. The lowest BCUT2D eigenvalue weighted by Gasteiger charge is -2.13. The number of sulfone groups is 2. The van der Waals surface area contributed by atoms with Gasteiger partial charge in [0.25, 0.3) is 11.1 Å². The van der Waals surface area contributed by atoms with Crippen LogP contribution in [0.3, 0.4) is 0 Å². The van der Waals surface area contributed by atoms with E-state index < -0.39 is 58.4 Å². The van der Waals surface area contributed by atoms with Crippen LogP contribution >= 0.6 is 11.6 Å². The summed E-state index contributed by atoms with van der Waals surface area (Å²) in [5, 5.41) is -0.704. The van der Waals surface area contributed by atoms with Gasteiger partial charge in [0.05, 0.1) is 41.2 Å². The molecule has 0 aliphatic rings. The molecule has 1 amide bonds. The number of hydrogen-bond donors (Lipinski definition) is 2. The smallest absolute Gasteiger partial charge is 0.280 e. The van der Waals surface area contributed by atoms with E-state index in [4.69, 9.17) is 23.1 Å². The molecule has 264 valence electrons. The first-order valence-corrected chi connectivity index (χ1v) is 22.0. The van der Waals surface area contributed by atoms with E-state index >= 15 is 0 Å². The zero-order chi connectivity index (χ0) is 36.1. The number of nitrogens with zero attached hydrogens (tertiary/aromatic N) is 1. The molecule has 0 radical (unpaired) electrons. The first-order chi connectivity index (χ1) is 21.8. The number of guanidine groups is 1. The SMILES string of the molecule is CCCCCS(=O)c1cc(CC)c(C(=O)Cl)cc1S(C)(=O)=O.CCCCCS(=O)c1cc(CC)c(C(=O)N=C(N)N)cc1S(C)(=O)=O. The van der Waals surface area contributed by atoms with E-state index in [-0.39, 0.29) is 30.7 Å². The standard InChI is InChI=1S/C16H25N3O4S2.C15H21ClO4S2/c1-4-6-7-8-24(21)13-9-11(5-2)12(15(20)19-16(17)18)10-14(13)25(3,22)23;1-4-6-7-8-21(18)13-9-11(5-2)12(15(16)17)10-14(13)22(3,19)20/h9-10H,4-8H2,1-3H3,(H4,17,18,19,20);9-10H,4-8H2,1-3H3. The number of halogens is 1. The lowest BCUT2D eigenvalue weighted by atomic mass is 10.0. The third-order valence-electron chi connectivity index (χ3n) is 6.93. The Balaban J connectivity index is 0.000000474. The third kappa shape index (κ3) is 13.2. The number of carbonyl (C=O) groups is 2. The van der Waals surface area contributed by atoms with Crippen molar-refractivity contribution in [3.63, 3.8) is 0 Å². The van der Waals surface area contributed by atoms with Gasteiger partial charge in [-0.05, 0) is 72.7 Å². The Morgan fingerprint density at radius 2 is 1.09 bits per heavy atom. The van der Waals surface area contributed by atoms with Gasteiger partial charge in [-0.25, -0.2) is 16.8 Å². The van der Waals surface area contributed by atoms with Crippen LogP contribution in [-0.2, 0) is 54.1 Å². The number of amides is 1. The number of aryl methyl sites for hydroxylation is 2. The maximum Gasteiger partial charge on any atom is 0.280 e. The summed E-state index contributed by atoms with van der Waals surface area (Å²) in [6.45, 7) is 7.72. The molecule has 0 aromatic heterocycles. The van der Waals surface area contributed by atoms with Crippen LogP contribution in [0.4, 0.5) is 0 Å². The van der Waals surface area contributed by atoms with Crippen molar-refractivity contribution in [3.8, 4) is 0 Å². The average Bonchev–Trinajstić information content (AvgIpc) is 2.98.